The van der Waals surface area contributed by atoms with Crippen LogP contribution in [-0.4, -0.2) is 108 Å². The summed E-state index contributed by atoms with van der Waals surface area (Å²) >= 11 is 0. The van der Waals surface area contributed by atoms with Gasteiger partial charge in [-0.15, -0.1) is 0 Å². The van der Waals surface area contributed by atoms with Crippen LogP contribution in [0.2, 0.25) is 0 Å². The number of nitrogens with one attached hydrogen (secondary N) is 1. The number of quaternary nitrogens is 1. The number of para-hydroxylation sites is 4. The van der Waals surface area contributed by atoms with Gasteiger partial charge in [0.15, 0.2) is 24.5 Å². The monoisotopic (exact) mass is 1060 g/mol. The van der Waals surface area contributed by atoms with Gasteiger partial charge in [0.05, 0.1) is 44.4 Å². The lowest BCUT2D eigenvalue weighted by Gasteiger charge is -2.29. The summed E-state index contributed by atoms with van der Waals surface area (Å²) in [6, 6.07) is 26.2. The molecule has 10 nitrogen and oxygen atoms in total. The summed E-state index contributed by atoms with van der Waals surface area (Å²) in [6.45, 7) is 37.9. The molecule has 10 heteroatoms. The van der Waals surface area contributed by atoms with Crippen LogP contribution >= 0.6 is 0 Å². The predicted molar refractivity (Wildman–Crippen MR) is 327 cm³/mol. The van der Waals surface area contributed by atoms with Crippen LogP contribution in [0.1, 0.15) is 139 Å². The van der Waals surface area contributed by atoms with Gasteiger partial charge in [0.1, 0.15) is 6.42 Å². The number of nitrogens with two attached hydrogens (primary N) is 1. The van der Waals surface area contributed by atoms with Crippen molar-refractivity contribution in [2.45, 2.75) is 144 Å². The number of fused-ring (bicyclic) bond motifs is 4. The third-order valence-electron chi connectivity index (χ3n) is 17.4. The van der Waals surface area contributed by atoms with Crippen molar-refractivity contribution in [2.24, 2.45) is 5.73 Å². The molecule has 416 valence electrons. The maximum absolute atomic E-state index is 13.0. The number of nitrogens with zero attached hydrogens (tertiary/aromatic N) is 5. The lowest BCUT2D eigenvalue weighted by molar-refractivity contribution is -0.890. The van der Waals surface area contributed by atoms with Gasteiger partial charge < -0.3 is 30.4 Å². The Morgan fingerprint density at radius 1 is 0.590 bits per heavy atom. The molecule has 0 bridgehead atoms. The molecule has 0 atom stereocenters. The van der Waals surface area contributed by atoms with Gasteiger partial charge >= 0.3 is 5.97 Å². The highest BCUT2D eigenvalue weighted by Crippen LogP contribution is 2.51. The summed E-state index contributed by atoms with van der Waals surface area (Å²) in [6.07, 6.45) is 16.0. The number of carbonyl (C=O) groups excluding carboxylic acids is 1. The van der Waals surface area contributed by atoms with E-state index in [0.717, 1.165) is 61.4 Å². The lowest BCUT2D eigenvalue weighted by atomic mass is 9.80. The molecular weight excluding hydrogens is 963 g/mol. The number of carboxylic acids is 1. The molecule has 0 saturated heterocycles. The molecule has 0 unspecified atom stereocenters. The highest BCUT2D eigenvalue weighted by atomic mass is 16.4. The van der Waals surface area contributed by atoms with Crippen molar-refractivity contribution < 1.29 is 28.3 Å². The summed E-state index contributed by atoms with van der Waals surface area (Å²) in [4.78, 5) is 29.3. The second-order valence-corrected chi connectivity index (χ2v) is 24.9. The van der Waals surface area contributed by atoms with Crippen LogP contribution in [0, 0.1) is 27.7 Å². The molecule has 4 aromatic carbocycles. The number of carboxylic acid groups (broad SMARTS) is 1. The van der Waals surface area contributed by atoms with Crippen LogP contribution in [0.15, 0.2) is 121 Å². The fraction of sp³-hybridized carbons (Fsp3) is 0.471. The summed E-state index contributed by atoms with van der Waals surface area (Å²) in [7, 11) is 4.47. The van der Waals surface area contributed by atoms with Gasteiger partial charge in [-0.25, -0.2) is 0 Å². The number of hydrogen-bond acceptors (Lipinski definition) is 5. The van der Waals surface area contributed by atoms with Crippen molar-refractivity contribution in [3.8, 4) is 0 Å². The van der Waals surface area contributed by atoms with E-state index >= 15 is 0 Å². The number of hydrogen-bond donors (Lipinski definition) is 3. The number of amides is 1. The fourth-order valence-corrected chi connectivity index (χ4v) is 13.1. The number of aliphatic carboxylic acids is 1. The summed E-state index contributed by atoms with van der Waals surface area (Å²) in [5.74, 6) is -0.660. The largest absolute Gasteiger partial charge is 0.481 e. The van der Waals surface area contributed by atoms with Gasteiger partial charge in [-0.05, 0) is 110 Å². The summed E-state index contributed by atoms with van der Waals surface area (Å²) < 4.78 is 5.54. The second-order valence-electron chi connectivity index (χ2n) is 24.9. The first kappa shape index (κ1) is 59.3. The van der Waals surface area contributed by atoms with Crippen molar-refractivity contribution in [3.05, 3.63) is 165 Å². The van der Waals surface area contributed by atoms with Crippen molar-refractivity contribution in [1.29, 1.82) is 0 Å². The molecule has 4 aromatic rings. The van der Waals surface area contributed by atoms with E-state index < -0.39 is 5.97 Å². The van der Waals surface area contributed by atoms with Crippen LogP contribution in [0.5, 0.6) is 0 Å². The first-order valence-electron chi connectivity index (χ1n) is 28.8. The van der Waals surface area contributed by atoms with Crippen LogP contribution in [0.4, 0.5) is 22.7 Å². The lowest BCUT2D eigenvalue weighted by Crippen LogP contribution is -2.43. The van der Waals surface area contributed by atoms with E-state index in [9.17, 15) is 14.7 Å². The zero-order chi connectivity index (χ0) is 57.1. The maximum atomic E-state index is 13.0. The highest BCUT2D eigenvalue weighted by Gasteiger charge is 2.47. The number of likely N-dealkylation sites (N-methyl/N-ethyl adjacent to an activating group) is 2. The molecule has 1 amide bonds. The molecule has 0 aliphatic carbocycles. The second kappa shape index (κ2) is 23.5. The Hall–Kier alpha value is -6.36. The average molecular weight is 1060 g/mol. The van der Waals surface area contributed by atoms with E-state index in [1.165, 1.54) is 78.7 Å². The standard InChI is InChI=1S/C38H56N5O.C30H36N2O2/c1-10-41-32(37(4,5)30-18-11-16-28(2)35(30)41)20-13-21-33-38(6,7)31-19-12-17-29(3)36(31)42(33)25-22-34(44)40-24-15-27-43(8,9)26-14-23-39;1-8-31-24(29(4,5)22-14-9-12-20(2)27(22)31)16-11-17-25-30(6,7)23-15-10-13-21(3)28(23)32(25)19-18-26(33)34/h11-13,16-21H,10,14-15,22-27,39H2,1-9H3;9-17H,8,18-19H2,1-7H3/q+1;/p+2. The Morgan fingerprint density at radius 2 is 0.987 bits per heavy atom. The van der Waals surface area contributed by atoms with Gasteiger partial charge in [0.25, 0.3) is 0 Å². The molecule has 0 radical (unpaired) electrons. The van der Waals surface area contributed by atoms with Crippen molar-refractivity contribution in [3.63, 3.8) is 0 Å². The van der Waals surface area contributed by atoms with Crippen molar-refractivity contribution in [1.82, 2.24) is 5.32 Å². The minimum Gasteiger partial charge on any atom is -0.481 e. The zero-order valence-electron chi connectivity index (χ0n) is 50.5. The highest BCUT2D eigenvalue weighted by molar-refractivity contribution is 6.04. The maximum Gasteiger partial charge on any atom is 0.309 e. The molecule has 4 heterocycles. The van der Waals surface area contributed by atoms with E-state index in [-0.39, 0.29) is 34.0 Å². The number of benzene rings is 4. The van der Waals surface area contributed by atoms with Gasteiger partial charge in [-0.1, -0.05) is 113 Å². The number of carbonyl (C=O) groups is 2. The molecule has 8 rings (SSSR count). The first-order valence-corrected chi connectivity index (χ1v) is 28.8. The van der Waals surface area contributed by atoms with E-state index in [0.29, 0.717) is 26.1 Å². The van der Waals surface area contributed by atoms with Gasteiger partial charge in [0, 0.05) is 100 Å². The molecular formula is C68H94N7O3+3. The zero-order valence-corrected chi connectivity index (χ0v) is 50.5. The predicted octanol–water partition coefficient (Wildman–Crippen LogP) is 12.7. The molecule has 0 fully saturated rings. The molecule has 4 aliphatic rings. The Kier molecular flexibility index (Phi) is 17.9. The van der Waals surface area contributed by atoms with Crippen molar-refractivity contribution >= 4 is 46.0 Å². The minimum atomic E-state index is -0.773. The van der Waals surface area contributed by atoms with Crippen LogP contribution in [-0.2, 0) is 31.2 Å². The molecule has 4 N–H and O–H groups in total. The smallest absolute Gasteiger partial charge is 0.309 e. The summed E-state index contributed by atoms with van der Waals surface area (Å²) in [5, 5.41) is 12.6. The van der Waals surface area contributed by atoms with Gasteiger partial charge in [0.2, 0.25) is 17.3 Å². The molecule has 78 heavy (non-hydrogen) atoms. The van der Waals surface area contributed by atoms with E-state index in [1.54, 1.807) is 0 Å². The SMILES string of the molecule is CCN1/C(=C/C=C/C2=[N+](CCC(=O)NCCC[N+](C)(C)CCCN)c3c(C)cccc3C2(C)C)C(C)(C)c2cccc(C)c21.CCN1/C(=C/C=C/C2=[N+](CCC(=O)O)c3c(C)cccc3C2(C)C)C(C)(C)c2cccc(C)c21. The topological polar surface area (TPSA) is 105 Å². The quantitative estimate of drug-likeness (QED) is 0.0491. The Labute approximate surface area is 469 Å². The van der Waals surface area contributed by atoms with Crippen LogP contribution in [0.25, 0.3) is 0 Å². The Bertz CT molecular complexity index is 3120. The van der Waals surface area contributed by atoms with Gasteiger partial charge in [-0.2, -0.15) is 9.15 Å². The molecule has 4 aliphatic heterocycles. The number of anilines is 2. The van der Waals surface area contributed by atoms with E-state index in [4.69, 9.17) is 5.73 Å². The van der Waals surface area contributed by atoms with Crippen LogP contribution < -0.4 is 20.9 Å². The number of aryl methyl sites for hydroxylation is 4. The number of rotatable bonds is 19. The minimum absolute atomic E-state index is 0.0760. The third kappa shape index (κ3) is 11.5. The molecule has 0 spiro atoms. The Morgan fingerprint density at radius 3 is 1.40 bits per heavy atom. The van der Waals surface area contributed by atoms with Gasteiger partial charge in [-0.3, -0.25) is 9.59 Å². The normalized spacial score (nSPS) is 18.5. The Balaban J connectivity index is 0.000000233. The van der Waals surface area contributed by atoms with Crippen LogP contribution in [0.3, 0.4) is 0 Å². The van der Waals surface area contributed by atoms with Crippen molar-refractivity contribution in [2.75, 3.05) is 76.3 Å². The first-order chi connectivity index (χ1) is 36.8. The molecule has 0 aromatic heterocycles. The fourth-order valence-electron chi connectivity index (χ4n) is 13.1. The molecule has 0 saturated carbocycles. The summed E-state index contributed by atoms with van der Waals surface area (Å²) in [5.41, 5.74) is 25.6. The van der Waals surface area contributed by atoms with E-state index in [2.05, 4.69) is 245 Å². The van der Waals surface area contributed by atoms with E-state index in [1.807, 2.05) is 0 Å². The third-order valence-corrected chi connectivity index (χ3v) is 17.4. The average Bonchev–Trinajstić information content (AvgIpc) is 4.07. The number of allylic oxidation sites excluding steroid dienone is 8.